The third-order valence-electron chi connectivity index (χ3n) is 3.50. The molecule has 0 radical (unpaired) electrons. The second kappa shape index (κ2) is 8.92. The number of hydrogen-bond acceptors (Lipinski definition) is 3. The van der Waals surface area contributed by atoms with E-state index in [1.165, 1.54) is 4.90 Å². The molecule has 0 saturated heterocycles. The minimum absolute atomic E-state index is 0.00973. The van der Waals surface area contributed by atoms with E-state index < -0.39 is 0 Å². The van der Waals surface area contributed by atoms with Gasteiger partial charge in [-0.15, -0.1) is 0 Å². The van der Waals surface area contributed by atoms with Crippen LogP contribution in [0.1, 0.15) is 6.42 Å². The summed E-state index contributed by atoms with van der Waals surface area (Å²) in [5, 5.41) is 20.9. The van der Waals surface area contributed by atoms with E-state index in [1.807, 2.05) is 54.6 Å². The van der Waals surface area contributed by atoms with Crippen molar-refractivity contribution in [2.45, 2.75) is 6.42 Å². The first-order chi connectivity index (χ1) is 11.3. The number of carbonyl (C=O) groups excluding carboxylic acids is 1. The van der Waals surface area contributed by atoms with Crippen molar-refractivity contribution < 1.29 is 15.0 Å². The lowest BCUT2D eigenvalue weighted by molar-refractivity contribution is 0.180. The van der Waals surface area contributed by atoms with Gasteiger partial charge < -0.3 is 20.4 Å². The van der Waals surface area contributed by atoms with Crippen LogP contribution in [0.25, 0.3) is 11.1 Å². The topological polar surface area (TPSA) is 72.8 Å². The highest BCUT2D eigenvalue weighted by Crippen LogP contribution is 2.27. The number of nitrogens with zero attached hydrogens (tertiary/aromatic N) is 1. The third-order valence-corrected chi connectivity index (χ3v) is 3.50. The summed E-state index contributed by atoms with van der Waals surface area (Å²) in [5.74, 6) is 0. The third kappa shape index (κ3) is 4.81. The van der Waals surface area contributed by atoms with Gasteiger partial charge in [-0.1, -0.05) is 48.5 Å². The summed E-state index contributed by atoms with van der Waals surface area (Å²) in [7, 11) is 0. The van der Waals surface area contributed by atoms with Gasteiger partial charge in [0.25, 0.3) is 0 Å². The zero-order valence-electron chi connectivity index (χ0n) is 13.0. The van der Waals surface area contributed by atoms with Crippen LogP contribution >= 0.6 is 0 Å². The van der Waals surface area contributed by atoms with Gasteiger partial charge in [0.2, 0.25) is 0 Å². The number of carbonyl (C=O) groups is 1. The fourth-order valence-corrected chi connectivity index (χ4v) is 2.35. The molecule has 0 aliphatic rings. The molecule has 0 heterocycles. The maximum atomic E-state index is 12.4. The van der Waals surface area contributed by atoms with E-state index in [9.17, 15) is 4.79 Å². The second-order valence-electron chi connectivity index (χ2n) is 5.13. The number of nitrogens with one attached hydrogen (secondary N) is 1. The van der Waals surface area contributed by atoms with E-state index in [2.05, 4.69) is 5.32 Å². The van der Waals surface area contributed by atoms with Gasteiger partial charge in [0, 0.05) is 25.3 Å². The Morgan fingerprint density at radius 1 is 0.913 bits per heavy atom. The minimum Gasteiger partial charge on any atom is -0.396 e. The average molecular weight is 314 g/mol. The Bertz CT molecular complexity index is 617. The Morgan fingerprint density at radius 3 is 2.30 bits per heavy atom. The normalized spacial score (nSPS) is 10.3. The Kier molecular flexibility index (Phi) is 6.59. The number of aliphatic hydroxyl groups excluding tert-OH is 2. The molecule has 0 spiro atoms. The first-order valence-electron chi connectivity index (χ1n) is 7.68. The molecule has 5 nitrogen and oxygen atoms in total. The molecule has 0 bridgehead atoms. The largest absolute Gasteiger partial charge is 0.396 e. The molecule has 2 aromatic carbocycles. The van der Waals surface area contributed by atoms with E-state index >= 15 is 0 Å². The molecule has 0 fully saturated rings. The summed E-state index contributed by atoms with van der Waals surface area (Å²) in [4.78, 5) is 13.9. The van der Waals surface area contributed by atoms with Crippen molar-refractivity contribution in [1.82, 2.24) is 4.90 Å². The number of para-hydroxylation sites is 1. The van der Waals surface area contributed by atoms with Crippen molar-refractivity contribution in [2.24, 2.45) is 0 Å². The van der Waals surface area contributed by atoms with Gasteiger partial charge in [-0.05, 0) is 18.1 Å². The zero-order chi connectivity index (χ0) is 16.5. The first kappa shape index (κ1) is 17.0. The molecule has 0 saturated carbocycles. The molecule has 23 heavy (non-hydrogen) atoms. The van der Waals surface area contributed by atoms with E-state index in [4.69, 9.17) is 10.2 Å². The van der Waals surface area contributed by atoms with Crippen molar-refractivity contribution in [3.8, 4) is 11.1 Å². The maximum absolute atomic E-state index is 12.4. The van der Waals surface area contributed by atoms with Gasteiger partial charge in [0.15, 0.2) is 0 Å². The summed E-state index contributed by atoms with van der Waals surface area (Å²) in [6.45, 7) is 0.532. The highest BCUT2D eigenvalue weighted by Gasteiger charge is 2.14. The van der Waals surface area contributed by atoms with Crippen molar-refractivity contribution in [3.63, 3.8) is 0 Å². The van der Waals surface area contributed by atoms with Crippen LogP contribution in [0.5, 0.6) is 0 Å². The maximum Gasteiger partial charge on any atom is 0.321 e. The van der Waals surface area contributed by atoms with Gasteiger partial charge in [-0.25, -0.2) is 4.79 Å². The quantitative estimate of drug-likeness (QED) is 0.735. The number of amides is 2. The molecule has 2 aromatic rings. The predicted octanol–water partition coefficient (Wildman–Crippen LogP) is 2.56. The summed E-state index contributed by atoms with van der Waals surface area (Å²) < 4.78 is 0. The van der Waals surface area contributed by atoms with Crippen molar-refractivity contribution in [2.75, 3.05) is 31.6 Å². The standard InChI is InChI=1S/C18H22N2O3/c21-13-6-11-20(12-14-22)18(23)19-17-10-5-4-9-16(17)15-7-2-1-3-8-15/h1-5,7-10,21-22H,6,11-14H2,(H,19,23). The van der Waals surface area contributed by atoms with Gasteiger partial charge in [-0.2, -0.15) is 0 Å². The SMILES string of the molecule is O=C(Nc1ccccc1-c1ccccc1)N(CCO)CCCO. The molecule has 0 unspecified atom stereocenters. The average Bonchev–Trinajstić information content (AvgIpc) is 2.59. The first-order valence-corrected chi connectivity index (χ1v) is 7.68. The fourth-order valence-electron chi connectivity index (χ4n) is 2.35. The number of urea groups is 1. The van der Waals surface area contributed by atoms with Crippen LogP contribution in [0, 0.1) is 0 Å². The van der Waals surface area contributed by atoms with Crippen LogP contribution < -0.4 is 5.32 Å². The lowest BCUT2D eigenvalue weighted by atomic mass is 10.0. The lowest BCUT2D eigenvalue weighted by Crippen LogP contribution is -2.38. The van der Waals surface area contributed by atoms with E-state index in [0.29, 0.717) is 13.0 Å². The van der Waals surface area contributed by atoms with Crippen molar-refractivity contribution >= 4 is 11.7 Å². The van der Waals surface area contributed by atoms with Gasteiger partial charge in [0.1, 0.15) is 0 Å². The van der Waals surface area contributed by atoms with Crippen molar-refractivity contribution in [1.29, 1.82) is 0 Å². The van der Waals surface area contributed by atoms with Crippen LogP contribution in [-0.2, 0) is 0 Å². The predicted molar refractivity (Wildman–Crippen MR) is 91.3 cm³/mol. The summed E-state index contributed by atoms with van der Waals surface area (Å²) in [5.41, 5.74) is 2.68. The highest BCUT2D eigenvalue weighted by atomic mass is 16.3. The molecule has 5 heteroatoms. The Balaban J connectivity index is 2.17. The Hall–Kier alpha value is -2.37. The number of benzene rings is 2. The second-order valence-corrected chi connectivity index (χ2v) is 5.13. The highest BCUT2D eigenvalue weighted by molar-refractivity contribution is 5.94. The lowest BCUT2D eigenvalue weighted by Gasteiger charge is -2.22. The van der Waals surface area contributed by atoms with Gasteiger partial charge in [0.05, 0.1) is 12.3 Å². The molecule has 0 atom stereocenters. The van der Waals surface area contributed by atoms with E-state index in [0.717, 1.165) is 16.8 Å². The monoisotopic (exact) mass is 314 g/mol. The van der Waals surface area contributed by atoms with Gasteiger partial charge >= 0.3 is 6.03 Å². The summed E-state index contributed by atoms with van der Waals surface area (Å²) in [6, 6.07) is 17.1. The van der Waals surface area contributed by atoms with Crippen LogP contribution in [0.15, 0.2) is 54.6 Å². The molecule has 2 rings (SSSR count). The summed E-state index contributed by atoms with van der Waals surface area (Å²) >= 11 is 0. The molecule has 122 valence electrons. The molecule has 3 N–H and O–H groups in total. The molecule has 0 aliphatic heterocycles. The molecular formula is C18H22N2O3. The fraction of sp³-hybridized carbons (Fsp3) is 0.278. The van der Waals surface area contributed by atoms with Crippen LogP contribution in [0.3, 0.4) is 0 Å². The van der Waals surface area contributed by atoms with Gasteiger partial charge in [-0.3, -0.25) is 0 Å². The molecule has 0 aromatic heterocycles. The van der Waals surface area contributed by atoms with Crippen LogP contribution in [-0.4, -0.2) is 47.4 Å². The van der Waals surface area contributed by atoms with E-state index in [1.54, 1.807) is 0 Å². The number of aliphatic hydroxyl groups is 2. The zero-order valence-corrected chi connectivity index (χ0v) is 13.0. The summed E-state index contributed by atoms with van der Waals surface area (Å²) in [6.07, 6.45) is 0.480. The van der Waals surface area contributed by atoms with E-state index in [-0.39, 0.29) is 25.8 Å². The Morgan fingerprint density at radius 2 is 1.61 bits per heavy atom. The molecule has 0 aliphatic carbocycles. The number of anilines is 1. The van der Waals surface area contributed by atoms with Crippen molar-refractivity contribution in [3.05, 3.63) is 54.6 Å². The molecule has 2 amide bonds. The van der Waals surface area contributed by atoms with Crippen LogP contribution in [0.2, 0.25) is 0 Å². The number of rotatable bonds is 7. The van der Waals surface area contributed by atoms with Crippen LogP contribution in [0.4, 0.5) is 10.5 Å². The number of hydrogen-bond donors (Lipinski definition) is 3. The minimum atomic E-state index is -0.282. The smallest absolute Gasteiger partial charge is 0.321 e. The molecular weight excluding hydrogens is 292 g/mol. The Labute approximate surface area is 136 Å².